The number of nitrogens with one attached hydrogen (secondary N) is 1. The van der Waals surface area contributed by atoms with Crippen LogP contribution in [-0.4, -0.2) is 46.8 Å². The van der Waals surface area contributed by atoms with Gasteiger partial charge in [0.2, 0.25) is 0 Å². The summed E-state index contributed by atoms with van der Waals surface area (Å²) in [6, 6.07) is 2.47. The molecule has 21 heavy (non-hydrogen) atoms. The van der Waals surface area contributed by atoms with E-state index in [-0.39, 0.29) is 23.7 Å². The largest absolute Gasteiger partial charge is 0.337 e. The molecule has 0 atom stereocenters. The molecular weight excluding hydrogens is 288 g/mol. The van der Waals surface area contributed by atoms with Gasteiger partial charge < -0.3 is 10.2 Å². The van der Waals surface area contributed by atoms with E-state index in [0.717, 1.165) is 31.6 Å². The number of carbonyl (C=O) groups excluding carboxylic acids is 1. The topological polar surface area (TPSA) is 50.2 Å². The highest BCUT2D eigenvalue weighted by Gasteiger charge is 2.27. The number of aryl methyl sites for hydroxylation is 1. The van der Waals surface area contributed by atoms with Crippen LogP contribution in [0.15, 0.2) is 6.07 Å². The summed E-state index contributed by atoms with van der Waals surface area (Å²) >= 11 is 0. The molecule has 0 bridgehead atoms. The van der Waals surface area contributed by atoms with Gasteiger partial charge in [-0.3, -0.25) is 9.48 Å². The fraction of sp³-hybridized carbons (Fsp3) is 0.733. The molecule has 1 aromatic heterocycles. The first kappa shape index (κ1) is 18.0. The number of rotatable bonds is 2. The maximum atomic E-state index is 12.6. The lowest BCUT2D eigenvalue weighted by atomic mass is 9.92. The van der Waals surface area contributed by atoms with Crippen molar-refractivity contribution >= 4 is 18.3 Å². The van der Waals surface area contributed by atoms with Crippen LogP contribution in [0.1, 0.15) is 49.8 Å². The van der Waals surface area contributed by atoms with Crippen molar-refractivity contribution in [3.63, 3.8) is 0 Å². The fourth-order valence-corrected chi connectivity index (χ4v) is 2.57. The molecule has 0 aromatic carbocycles. The Kier molecular flexibility index (Phi) is 5.82. The molecular formula is C15H27ClN4O. The summed E-state index contributed by atoms with van der Waals surface area (Å²) < 4.78 is 1.72. The number of amides is 1. The summed E-state index contributed by atoms with van der Waals surface area (Å²) in [7, 11) is 3.84. The standard InChI is InChI=1S/C15H26N4O.ClH/c1-15(2,3)13-10-12(18(5)17-13)14(20)19-8-6-11(16-4)7-9-19;/h10-11,16H,6-9H2,1-5H3;1H. The van der Waals surface area contributed by atoms with Gasteiger partial charge in [0.1, 0.15) is 5.69 Å². The minimum absolute atomic E-state index is 0. The summed E-state index contributed by atoms with van der Waals surface area (Å²) in [4.78, 5) is 14.5. The highest BCUT2D eigenvalue weighted by atomic mass is 35.5. The Morgan fingerprint density at radius 3 is 2.33 bits per heavy atom. The van der Waals surface area contributed by atoms with Gasteiger partial charge in [0.15, 0.2) is 0 Å². The Morgan fingerprint density at radius 1 is 1.33 bits per heavy atom. The summed E-state index contributed by atoms with van der Waals surface area (Å²) in [6.45, 7) is 7.98. The second-order valence-corrected chi connectivity index (χ2v) is 6.64. The number of piperidine rings is 1. The van der Waals surface area contributed by atoms with E-state index >= 15 is 0 Å². The van der Waals surface area contributed by atoms with Crippen molar-refractivity contribution in [1.29, 1.82) is 0 Å². The first-order valence-electron chi connectivity index (χ1n) is 7.34. The van der Waals surface area contributed by atoms with E-state index in [9.17, 15) is 4.79 Å². The second-order valence-electron chi connectivity index (χ2n) is 6.64. The molecule has 0 saturated carbocycles. The number of nitrogens with zero attached hydrogens (tertiary/aromatic N) is 3. The molecule has 120 valence electrons. The third-order valence-corrected chi connectivity index (χ3v) is 4.06. The van der Waals surface area contributed by atoms with Crippen LogP contribution >= 0.6 is 12.4 Å². The van der Waals surface area contributed by atoms with Crippen molar-refractivity contribution in [1.82, 2.24) is 20.0 Å². The van der Waals surface area contributed by atoms with Gasteiger partial charge in [-0.25, -0.2) is 0 Å². The molecule has 1 aliphatic heterocycles. The van der Waals surface area contributed by atoms with E-state index < -0.39 is 0 Å². The number of likely N-dealkylation sites (tertiary alicyclic amines) is 1. The van der Waals surface area contributed by atoms with Crippen LogP contribution in [-0.2, 0) is 12.5 Å². The molecule has 1 aliphatic rings. The Bertz CT molecular complexity index is 484. The smallest absolute Gasteiger partial charge is 0.272 e. The minimum atomic E-state index is -0.0323. The van der Waals surface area contributed by atoms with E-state index in [1.54, 1.807) is 4.68 Å². The van der Waals surface area contributed by atoms with Gasteiger partial charge >= 0.3 is 0 Å². The molecule has 0 aliphatic carbocycles. The number of halogens is 1. The van der Waals surface area contributed by atoms with Gasteiger partial charge in [0.05, 0.1) is 5.69 Å². The third kappa shape index (κ3) is 3.98. The molecule has 6 heteroatoms. The third-order valence-electron chi connectivity index (χ3n) is 4.06. The van der Waals surface area contributed by atoms with Crippen LogP contribution in [0.5, 0.6) is 0 Å². The highest BCUT2D eigenvalue weighted by molar-refractivity contribution is 5.92. The summed E-state index contributed by atoms with van der Waals surface area (Å²) in [6.07, 6.45) is 2.04. The quantitative estimate of drug-likeness (QED) is 0.908. The van der Waals surface area contributed by atoms with E-state index in [4.69, 9.17) is 0 Å². The molecule has 1 N–H and O–H groups in total. The number of hydrogen-bond acceptors (Lipinski definition) is 3. The van der Waals surface area contributed by atoms with Crippen LogP contribution in [0.4, 0.5) is 0 Å². The van der Waals surface area contributed by atoms with Crippen LogP contribution in [0.3, 0.4) is 0 Å². The van der Waals surface area contributed by atoms with Crippen molar-refractivity contribution in [3.8, 4) is 0 Å². The van der Waals surface area contributed by atoms with E-state index in [0.29, 0.717) is 11.7 Å². The van der Waals surface area contributed by atoms with E-state index in [1.807, 2.05) is 25.1 Å². The fourth-order valence-electron chi connectivity index (χ4n) is 2.57. The monoisotopic (exact) mass is 314 g/mol. The van der Waals surface area contributed by atoms with Gasteiger partial charge in [0, 0.05) is 31.6 Å². The van der Waals surface area contributed by atoms with Gasteiger partial charge in [-0.2, -0.15) is 5.10 Å². The van der Waals surface area contributed by atoms with Gasteiger partial charge in [-0.05, 0) is 26.0 Å². The van der Waals surface area contributed by atoms with Crippen molar-refractivity contribution in [2.75, 3.05) is 20.1 Å². The maximum Gasteiger partial charge on any atom is 0.272 e. The second kappa shape index (κ2) is 6.79. The lowest BCUT2D eigenvalue weighted by Gasteiger charge is -2.31. The SMILES string of the molecule is CNC1CCN(C(=O)c2cc(C(C)(C)C)nn2C)CC1.Cl. The first-order chi connectivity index (χ1) is 9.32. The zero-order chi connectivity index (χ0) is 14.9. The van der Waals surface area contributed by atoms with Crippen LogP contribution in [0.25, 0.3) is 0 Å². The zero-order valence-electron chi connectivity index (χ0n) is 13.6. The predicted octanol–water partition coefficient (Wildman–Crippen LogP) is 1.96. The Balaban J connectivity index is 0.00000220. The highest BCUT2D eigenvalue weighted by Crippen LogP contribution is 2.22. The van der Waals surface area contributed by atoms with Gasteiger partial charge in [-0.15, -0.1) is 12.4 Å². The number of carbonyl (C=O) groups is 1. The molecule has 1 aromatic rings. The van der Waals surface area contributed by atoms with Crippen LogP contribution in [0, 0.1) is 0 Å². The number of hydrogen-bond donors (Lipinski definition) is 1. The molecule has 5 nitrogen and oxygen atoms in total. The minimum Gasteiger partial charge on any atom is -0.337 e. The zero-order valence-corrected chi connectivity index (χ0v) is 14.5. The van der Waals surface area contributed by atoms with E-state index in [2.05, 4.69) is 31.2 Å². The summed E-state index contributed by atoms with van der Waals surface area (Å²) in [5.41, 5.74) is 1.63. The lowest BCUT2D eigenvalue weighted by Crippen LogP contribution is -2.44. The first-order valence-corrected chi connectivity index (χ1v) is 7.34. The molecule has 0 radical (unpaired) electrons. The number of aromatic nitrogens is 2. The van der Waals surface area contributed by atoms with Gasteiger partial charge in [-0.1, -0.05) is 20.8 Å². The maximum absolute atomic E-state index is 12.6. The van der Waals surface area contributed by atoms with E-state index in [1.165, 1.54) is 0 Å². The van der Waals surface area contributed by atoms with Crippen LogP contribution in [0.2, 0.25) is 0 Å². The average molecular weight is 315 g/mol. The molecule has 1 amide bonds. The Hall–Kier alpha value is -1.07. The summed E-state index contributed by atoms with van der Waals surface area (Å²) in [5.74, 6) is 0.102. The van der Waals surface area contributed by atoms with Crippen molar-refractivity contribution in [2.24, 2.45) is 7.05 Å². The average Bonchev–Trinajstić information content (AvgIpc) is 2.80. The molecule has 2 rings (SSSR count). The molecule has 2 heterocycles. The van der Waals surface area contributed by atoms with Gasteiger partial charge in [0.25, 0.3) is 5.91 Å². The van der Waals surface area contributed by atoms with Crippen molar-refractivity contribution in [2.45, 2.75) is 45.1 Å². The van der Waals surface area contributed by atoms with Crippen molar-refractivity contribution < 1.29 is 4.79 Å². The predicted molar refractivity (Wildman–Crippen MR) is 87.1 cm³/mol. The Morgan fingerprint density at radius 2 is 1.90 bits per heavy atom. The van der Waals surface area contributed by atoms with Crippen LogP contribution < -0.4 is 5.32 Å². The summed E-state index contributed by atoms with van der Waals surface area (Å²) in [5, 5.41) is 7.77. The molecule has 1 saturated heterocycles. The Labute approximate surface area is 133 Å². The normalized spacial score (nSPS) is 16.7. The molecule has 0 unspecified atom stereocenters. The molecule has 1 fully saturated rings. The van der Waals surface area contributed by atoms with Crippen molar-refractivity contribution in [3.05, 3.63) is 17.5 Å². The lowest BCUT2D eigenvalue weighted by molar-refractivity contribution is 0.0696. The molecule has 0 spiro atoms.